The number of nitrogens with zero attached hydrogens (tertiary/aromatic N) is 1. The first-order valence-electron chi connectivity index (χ1n) is 4.58. The fraction of sp³-hybridized carbons (Fsp3) is 0.875. The Hall–Kier alpha value is -0.730. The van der Waals surface area contributed by atoms with E-state index in [1.54, 1.807) is 0 Å². The fourth-order valence-corrected chi connectivity index (χ4v) is 1.73. The van der Waals surface area contributed by atoms with Gasteiger partial charge in [-0.2, -0.15) is 0 Å². The maximum Gasteiger partial charge on any atom is 0.317 e. The van der Waals surface area contributed by atoms with E-state index in [-0.39, 0.29) is 6.54 Å². The molecule has 0 amide bonds. The van der Waals surface area contributed by atoms with Crippen LogP contribution in [0, 0.1) is 0 Å². The number of carboxylic acids is 1. The first-order chi connectivity index (χ1) is 6.97. The molecule has 1 saturated heterocycles. The van der Waals surface area contributed by atoms with E-state index < -0.39 is 43.5 Å². The lowest BCUT2D eigenvalue weighted by Gasteiger charge is -2.42. The summed E-state index contributed by atoms with van der Waals surface area (Å²) in [6.07, 6.45) is -3.91. The van der Waals surface area contributed by atoms with Crippen LogP contribution in [0.3, 0.4) is 0 Å². The smallest absolute Gasteiger partial charge is 0.317 e. The quantitative estimate of drug-likeness (QED) is 0.341. The summed E-state index contributed by atoms with van der Waals surface area (Å²) in [7, 11) is 0. The van der Waals surface area contributed by atoms with Crippen LogP contribution in [0.5, 0.6) is 0 Å². The van der Waals surface area contributed by atoms with Gasteiger partial charge in [-0.25, -0.2) is 0 Å². The Labute approximate surface area is 86.2 Å². The van der Waals surface area contributed by atoms with Crippen molar-refractivity contribution in [3.63, 3.8) is 0 Å². The number of aliphatic carboxylic acids is 1. The van der Waals surface area contributed by atoms with Crippen LogP contribution in [-0.4, -0.2) is 80.5 Å². The number of hydrogen-bond donors (Lipinski definition) is 5. The molecule has 88 valence electrons. The Morgan fingerprint density at radius 2 is 1.87 bits per heavy atom. The molecule has 1 aliphatic heterocycles. The van der Waals surface area contributed by atoms with Gasteiger partial charge in [0.05, 0.1) is 25.3 Å². The van der Waals surface area contributed by atoms with Gasteiger partial charge in [0.1, 0.15) is 12.2 Å². The maximum atomic E-state index is 10.5. The van der Waals surface area contributed by atoms with Gasteiger partial charge in [-0.1, -0.05) is 0 Å². The summed E-state index contributed by atoms with van der Waals surface area (Å²) < 4.78 is 0. The number of likely N-dealkylation sites (tertiary alicyclic amines) is 1. The van der Waals surface area contributed by atoms with Crippen molar-refractivity contribution in [3.8, 4) is 0 Å². The molecule has 0 aromatic carbocycles. The van der Waals surface area contributed by atoms with Crippen molar-refractivity contribution in [2.24, 2.45) is 0 Å². The van der Waals surface area contributed by atoms with Gasteiger partial charge in [0.15, 0.2) is 0 Å². The lowest BCUT2D eigenvalue weighted by Crippen LogP contribution is -2.63. The minimum Gasteiger partial charge on any atom is -0.480 e. The maximum absolute atomic E-state index is 10.5. The van der Waals surface area contributed by atoms with E-state index in [1.165, 1.54) is 4.90 Å². The summed E-state index contributed by atoms with van der Waals surface area (Å²) in [4.78, 5) is 11.7. The molecule has 15 heavy (non-hydrogen) atoms. The van der Waals surface area contributed by atoms with Gasteiger partial charge in [0.2, 0.25) is 0 Å². The summed E-state index contributed by atoms with van der Waals surface area (Å²) in [5.74, 6) is -1.12. The number of aliphatic hydroxyl groups is 4. The predicted octanol–water partition coefficient (Wildman–Crippen LogP) is -3.17. The van der Waals surface area contributed by atoms with Crippen molar-refractivity contribution in [2.45, 2.75) is 24.4 Å². The van der Waals surface area contributed by atoms with Crippen molar-refractivity contribution in [3.05, 3.63) is 0 Å². The molecular formula is C8H15NO6. The zero-order chi connectivity index (χ0) is 11.6. The highest BCUT2D eigenvalue weighted by Crippen LogP contribution is 2.18. The molecule has 1 heterocycles. The molecule has 7 heteroatoms. The molecule has 0 bridgehead atoms. The fourth-order valence-electron chi connectivity index (χ4n) is 1.73. The van der Waals surface area contributed by atoms with Crippen LogP contribution in [0.1, 0.15) is 0 Å². The summed E-state index contributed by atoms with van der Waals surface area (Å²) in [5.41, 5.74) is 0. The molecule has 1 fully saturated rings. The van der Waals surface area contributed by atoms with Crippen molar-refractivity contribution in [2.75, 3.05) is 19.7 Å². The minimum absolute atomic E-state index is 0.0875. The molecule has 0 aliphatic carbocycles. The molecule has 5 N–H and O–H groups in total. The van der Waals surface area contributed by atoms with Gasteiger partial charge in [0, 0.05) is 6.54 Å². The van der Waals surface area contributed by atoms with E-state index in [9.17, 15) is 20.1 Å². The summed E-state index contributed by atoms with van der Waals surface area (Å²) in [6, 6.07) is -0.862. The van der Waals surface area contributed by atoms with Crippen LogP contribution >= 0.6 is 0 Å². The van der Waals surface area contributed by atoms with Gasteiger partial charge in [-0.3, -0.25) is 9.69 Å². The minimum atomic E-state index is -1.35. The average Bonchev–Trinajstić information content (AvgIpc) is 2.14. The van der Waals surface area contributed by atoms with Crippen molar-refractivity contribution >= 4 is 5.97 Å². The number of rotatable bonds is 3. The van der Waals surface area contributed by atoms with Gasteiger partial charge >= 0.3 is 5.97 Å². The molecular weight excluding hydrogens is 206 g/mol. The first kappa shape index (κ1) is 12.3. The molecule has 1 aliphatic rings. The second kappa shape index (κ2) is 4.86. The third-order valence-corrected chi connectivity index (χ3v) is 2.55. The van der Waals surface area contributed by atoms with Gasteiger partial charge < -0.3 is 25.5 Å². The third-order valence-electron chi connectivity index (χ3n) is 2.55. The lowest BCUT2D eigenvalue weighted by molar-refractivity contribution is -0.158. The zero-order valence-corrected chi connectivity index (χ0v) is 8.02. The predicted molar refractivity (Wildman–Crippen MR) is 48.1 cm³/mol. The Kier molecular flexibility index (Phi) is 4.00. The molecule has 0 radical (unpaired) electrons. The van der Waals surface area contributed by atoms with Crippen LogP contribution in [0.15, 0.2) is 0 Å². The van der Waals surface area contributed by atoms with Crippen molar-refractivity contribution in [1.29, 1.82) is 0 Å². The SMILES string of the molecule is O=C(O)CN1CC(O)C(O)C(O)C1CO. The Morgan fingerprint density at radius 1 is 1.27 bits per heavy atom. The number of carboxylic acid groups (broad SMARTS) is 1. The van der Waals surface area contributed by atoms with Gasteiger partial charge in [-0.15, -0.1) is 0 Å². The Balaban J connectivity index is 2.73. The molecule has 1 rings (SSSR count). The second-order valence-corrected chi connectivity index (χ2v) is 3.62. The van der Waals surface area contributed by atoms with Crippen LogP contribution < -0.4 is 0 Å². The number of hydrogen-bond acceptors (Lipinski definition) is 6. The van der Waals surface area contributed by atoms with E-state index in [2.05, 4.69) is 0 Å². The zero-order valence-electron chi connectivity index (χ0n) is 8.02. The highest BCUT2D eigenvalue weighted by atomic mass is 16.4. The third kappa shape index (κ3) is 2.64. The number of carbonyl (C=O) groups is 1. The first-order valence-corrected chi connectivity index (χ1v) is 4.58. The Morgan fingerprint density at radius 3 is 2.33 bits per heavy atom. The highest BCUT2D eigenvalue weighted by Gasteiger charge is 2.41. The number of piperidine rings is 1. The standard InChI is InChI=1S/C8H15NO6/c10-3-4-7(14)8(15)5(11)1-9(4)2-6(12)13/h4-5,7-8,10-11,14-15H,1-3H2,(H,12,13). The van der Waals surface area contributed by atoms with E-state index in [4.69, 9.17) is 10.2 Å². The van der Waals surface area contributed by atoms with E-state index in [1.807, 2.05) is 0 Å². The topological polar surface area (TPSA) is 121 Å². The largest absolute Gasteiger partial charge is 0.480 e. The normalized spacial score (nSPS) is 37.9. The molecule has 0 aromatic heterocycles. The van der Waals surface area contributed by atoms with Crippen LogP contribution in [0.4, 0.5) is 0 Å². The van der Waals surface area contributed by atoms with E-state index in [0.29, 0.717) is 0 Å². The second-order valence-electron chi connectivity index (χ2n) is 3.62. The molecule has 0 aromatic rings. The molecule has 4 atom stereocenters. The lowest BCUT2D eigenvalue weighted by atomic mass is 9.94. The number of β-amino-alcohol motifs (C(OH)–C–C–N with tert-alkyl or cyclic N) is 1. The summed E-state index contributed by atoms with van der Waals surface area (Å²) >= 11 is 0. The Bertz CT molecular complexity index is 235. The molecule has 0 spiro atoms. The summed E-state index contributed by atoms with van der Waals surface area (Å²) in [5, 5.41) is 45.6. The molecule has 4 unspecified atom stereocenters. The monoisotopic (exact) mass is 221 g/mol. The van der Waals surface area contributed by atoms with Crippen LogP contribution in [0.2, 0.25) is 0 Å². The van der Waals surface area contributed by atoms with E-state index >= 15 is 0 Å². The van der Waals surface area contributed by atoms with Crippen molar-refractivity contribution < 1.29 is 30.3 Å². The van der Waals surface area contributed by atoms with E-state index in [0.717, 1.165) is 0 Å². The van der Waals surface area contributed by atoms with Crippen LogP contribution in [-0.2, 0) is 4.79 Å². The van der Waals surface area contributed by atoms with Crippen molar-refractivity contribution in [1.82, 2.24) is 4.90 Å². The summed E-state index contributed by atoms with van der Waals surface area (Å²) in [6.45, 7) is -0.958. The van der Waals surface area contributed by atoms with Crippen LogP contribution in [0.25, 0.3) is 0 Å². The molecule has 7 nitrogen and oxygen atoms in total. The van der Waals surface area contributed by atoms with Gasteiger partial charge in [-0.05, 0) is 0 Å². The highest BCUT2D eigenvalue weighted by molar-refractivity contribution is 5.69. The van der Waals surface area contributed by atoms with Gasteiger partial charge in [0.25, 0.3) is 0 Å². The number of aliphatic hydroxyl groups excluding tert-OH is 4. The molecule has 0 saturated carbocycles. The average molecular weight is 221 g/mol.